The van der Waals surface area contributed by atoms with Crippen molar-refractivity contribution in [3.05, 3.63) is 72.4 Å². The Labute approximate surface area is 162 Å². The molecule has 140 valence electrons. The second-order valence-electron chi connectivity index (χ2n) is 6.31. The van der Waals surface area contributed by atoms with E-state index in [1.165, 1.54) is 0 Å². The summed E-state index contributed by atoms with van der Waals surface area (Å²) in [6.07, 6.45) is 1.67. The Balaban J connectivity index is 1.78. The summed E-state index contributed by atoms with van der Waals surface area (Å²) in [5.74, 6) is 0.405. The maximum Gasteiger partial charge on any atom is 0.256 e. The van der Waals surface area contributed by atoms with Crippen LogP contribution in [-0.4, -0.2) is 27.3 Å². The predicted octanol–water partition coefficient (Wildman–Crippen LogP) is 4.29. The summed E-state index contributed by atoms with van der Waals surface area (Å²) in [5.41, 5.74) is 3.46. The number of nitrogens with one attached hydrogen (secondary N) is 1. The van der Waals surface area contributed by atoms with Gasteiger partial charge in [0.15, 0.2) is 5.65 Å². The van der Waals surface area contributed by atoms with E-state index in [9.17, 15) is 4.79 Å². The largest absolute Gasteiger partial charge is 0.492 e. The minimum atomic E-state index is -0.232. The average molecular weight is 372 g/mol. The van der Waals surface area contributed by atoms with E-state index in [1.807, 2.05) is 68.6 Å². The zero-order valence-electron chi connectivity index (χ0n) is 15.7. The molecule has 0 aliphatic heterocycles. The summed E-state index contributed by atoms with van der Waals surface area (Å²) < 4.78 is 7.29. The van der Waals surface area contributed by atoms with Gasteiger partial charge in [0, 0.05) is 12.6 Å². The summed E-state index contributed by atoms with van der Waals surface area (Å²) in [7, 11) is 1.82. The first kappa shape index (κ1) is 17.7. The van der Waals surface area contributed by atoms with Gasteiger partial charge in [-0.05, 0) is 25.1 Å². The first-order chi connectivity index (χ1) is 13.7. The van der Waals surface area contributed by atoms with Crippen LogP contribution < -0.4 is 10.1 Å². The standard InChI is InChI=1S/C22H20N4O2/c1-3-28-20-12-8-7-11-18(20)25-22(27)16-13-19(15-9-5-4-6-10-15)24-21-17(16)14-23-26(21)2/h4-14H,3H2,1-2H3,(H,25,27). The van der Waals surface area contributed by atoms with Gasteiger partial charge in [0.05, 0.1) is 35.1 Å². The molecule has 2 aromatic carbocycles. The molecule has 1 amide bonds. The SMILES string of the molecule is CCOc1ccccc1NC(=O)c1cc(-c2ccccc2)nc2c1cnn2C. The molecule has 0 unspecified atom stereocenters. The van der Waals surface area contributed by atoms with Crippen LogP contribution in [0, 0.1) is 0 Å². The van der Waals surface area contributed by atoms with Crippen molar-refractivity contribution in [2.75, 3.05) is 11.9 Å². The third kappa shape index (κ3) is 3.32. The second-order valence-corrected chi connectivity index (χ2v) is 6.31. The van der Waals surface area contributed by atoms with Crippen molar-refractivity contribution >= 4 is 22.6 Å². The lowest BCUT2D eigenvalue weighted by Gasteiger charge is -2.12. The summed E-state index contributed by atoms with van der Waals surface area (Å²) in [6.45, 7) is 2.43. The van der Waals surface area contributed by atoms with Gasteiger partial charge in [0.2, 0.25) is 0 Å². The highest BCUT2D eigenvalue weighted by Gasteiger charge is 2.18. The number of hydrogen-bond donors (Lipinski definition) is 1. The lowest BCUT2D eigenvalue weighted by atomic mass is 10.1. The number of nitrogens with zero attached hydrogens (tertiary/aromatic N) is 3. The molecule has 28 heavy (non-hydrogen) atoms. The van der Waals surface area contributed by atoms with Crippen LogP contribution in [0.15, 0.2) is 66.9 Å². The van der Waals surface area contributed by atoms with Gasteiger partial charge >= 0.3 is 0 Å². The third-order valence-corrected chi connectivity index (χ3v) is 4.45. The van der Waals surface area contributed by atoms with Crippen molar-refractivity contribution in [2.45, 2.75) is 6.92 Å². The second kappa shape index (κ2) is 7.52. The molecule has 6 heteroatoms. The van der Waals surface area contributed by atoms with Crippen molar-refractivity contribution < 1.29 is 9.53 Å². The van der Waals surface area contributed by atoms with E-state index in [0.717, 1.165) is 11.3 Å². The van der Waals surface area contributed by atoms with Crippen molar-refractivity contribution in [1.29, 1.82) is 0 Å². The molecule has 2 heterocycles. The number of benzene rings is 2. The van der Waals surface area contributed by atoms with Gasteiger partial charge in [-0.15, -0.1) is 0 Å². The third-order valence-electron chi connectivity index (χ3n) is 4.45. The summed E-state index contributed by atoms with van der Waals surface area (Å²) in [4.78, 5) is 17.8. The molecule has 0 radical (unpaired) electrons. The number of aromatic nitrogens is 3. The Morgan fingerprint density at radius 3 is 2.64 bits per heavy atom. The summed E-state index contributed by atoms with van der Waals surface area (Å²) >= 11 is 0. The molecule has 2 aromatic heterocycles. The fourth-order valence-corrected chi connectivity index (χ4v) is 3.10. The Bertz CT molecular complexity index is 1140. The number of fused-ring (bicyclic) bond motifs is 1. The molecular weight excluding hydrogens is 352 g/mol. The fourth-order valence-electron chi connectivity index (χ4n) is 3.10. The average Bonchev–Trinajstić information content (AvgIpc) is 3.10. The quantitative estimate of drug-likeness (QED) is 0.567. The van der Waals surface area contributed by atoms with Gasteiger partial charge in [-0.3, -0.25) is 9.48 Å². The summed E-state index contributed by atoms with van der Waals surface area (Å²) in [6, 6.07) is 19.0. The molecule has 0 spiro atoms. The first-order valence-corrected chi connectivity index (χ1v) is 9.08. The number of ether oxygens (including phenoxy) is 1. The molecule has 4 rings (SSSR count). The zero-order chi connectivity index (χ0) is 19.5. The number of pyridine rings is 1. The van der Waals surface area contributed by atoms with E-state index in [0.29, 0.717) is 34.6 Å². The van der Waals surface area contributed by atoms with Gasteiger partial charge in [-0.1, -0.05) is 42.5 Å². The van der Waals surface area contributed by atoms with Crippen LogP contribution in [0.4, 0.5) is 5.69 Å². The van der Waals surface area contributed by atoms with Crippen LogP contribution in [0.5, 0.6) is 5.75 Å². The van der Waals surface area contributed by atoms with Gasteiger partial charge < -0.3 is 10.1 Å². The maximum absolute atomic E-state index is 13.1. The topological polar surface area (TPSA) is 69.0 Å². The molecule has 0 bridgehead atoms. The Morgan fingerprint density at radius 1 is 1.11 bits per heavy atom. The van der Waals surface area contributed by atoms with Crippen LogP contribution in [0.3, 0.4) is 0 Å². The molecule has 0 atom stereocenters. The number of rotatable bonds is 5. The number of para-hydroxylation sites is 2. The van der Waals surface area contributed by atoms with Gasteiger partial charge in [-0.2, -0.15) is 5.10 Å². The van der Waals surface area contributed by atoms with Crippen molar-refractivity contribution in [2.24, 2.45) is 7.05 Å². The van der Waals surface area contributed by atoms with Crippen molar-refractivity contribution in [1.82, 2.24) is 14.8 Å². The zero-order valence-corrected chi connectivity index (χ0v) is 15.7. The molecular formula is C22H20N4O2. The predicted molar refractivity (Wildman–Crippen MR) is 110 cm³/mol. The van der Waals surface area contributed by atoms with Gasteiger partial charge in [-0.25, -0.2) is 4.98 Å². The van der Waals surface area contributed by atoms with Gasteiger partial charge in [0.1, 0.15) is 5.75 Å². The van der Waals surface area contributed by atoms with E-state index < -0.39 is 0 Å². The minimum absolute atomic E-state index is 0.232. The van der Waals surface area contributed by atoms with Crippen LogP contribution in [0.2, 0.25) is 0 Å². The van der Waals surface area contributed by atoms with Crippen molar-refractivity contribution in [3.8, 4) is 17.0 Å². The molecule has 0 saturated carbocycles. The van der Waals surface area contributed by atoms with Crippen LogP contribution in [-0.2, 0) is 7.05 Å². The monoisotopic (exact) mass is 372 g/mol. The number of amides is 1. The Morgan fingerprint density at radius 2 is 1.86 bits per heavy atom. The molecule has 6 nitrogen and oxygen atoms in total. The highest BCUT2D eigenvalue weighted by atomic mass is 16.5. The molecule has 1 N–H and O–H groups in total. The van der Waals surface area contributed by atoms with Crippen LogP contribution in [0.1, 0.15) is 17.3 Å². The molecule has 0 fully saturated rings. The number of aryl methyl sites for hydroxylation is 1. The molecule has 0 aliphatic rings. The molecule has 4 aromatic rings. The molecule has 0 saturated heterocycles. The highest BCUT2D eigenvalue weighted by molar-refractivity contribution is 6.13. The fraction of sp³-hybridized carbons (Fsp3) is 0.136. The maximum atomic E-state index is 13.1. The Hall–Kier alpha value is -3.67. The van der Waals surface area contributed by atoms with E-state index in [-0.39, 0.29) is 5.91 Å². The lowest BCUT2D eigenvalue weighted by Crippen LogP contribution is -2.14. The molecule has 0 aliphatic carbocycles. The van der Waals surface area contributed by atoms with Crippen LogP contribution in [0.25, 0.3) is 22.3 Å². The van der Waals surface area contributed by atoms with E-state index in [2.05, 4.69) is 10.4 Å². The van der Waals surface area contributed by atoms with Gasteiger partial charge in [0.25, 0.3) is 5.91 Å². The number of hydrogen-bond acceptors (Lipinski definition) is 4. The summed E-state index contributed by atoms with van der Waals surface area (Å²) in [5, 5.41) is 7.94. The van der Waals surface area contributed by atoms with Crippen LogP contribution >= 0.6 is 0 Å². The number of anilines is 1. The van der Waals surface area contributed by atoms with E-state index in [4.69, 9.17) is 9.72 Å². The minimum Gasteiger partial charge on any atom is -0.492 e. The number of carbonyl (C=O) groups is 1. The smallest absolute Gasteiger partial charge is 0.256 e. The lowest BCUT2D eigenvalue weighted by molar-refractivity contribution is 0.102. The van der Waals surface area contributed by atoms with E-state index >= 15 is 0 Å². The van der Waals surface area contributed by atoms with E-state index in [1.54, 1.807) is 16.9 Å². The highest BCUT2D eigenvalue weighted by Crippen LogP contribution is 2.28. The Kier molecular flexibility index (Phi) is 4.76. The number of carbonyl (C=O) groups excluding carboxylic acids is 1. The normalized spacial score (nSPS) is 10.8. The van der Waals surface area contributed by atoms with Crippen molar-refractivity contribution in [3.63, 3.8) is 0 Å². The first-order valence-electron chi connectivity index (χ1n) is 9.08.